The largest absolute Gasteiger partial charge is 0.308 e. The molecule has 0 spiro atoms. The second-order valence-electron chi connectivity index (χ2n) is 7.10. The lowest BCUT2D eigenvalue weighted by Gasteiger charge is -2.31. The van der Waals surface area contributed by atoms with Gasteiger partial charge in [0.1, 0.15) is 5.82 Å². The molecule has 9 nitrogen and oxygen atoms in total. The van der Waals surface area contributed by atoms with E-state index in [0.717, 1.165) is 12.0 Å². The minimum atomic E-state index is -3.29. The summed E-state index contributed by atoms with van der Waals surface area (Å²) in [5.41, 5.74) is 1.06. The van der Waals surface area contributed by atoms with E-state index < -0.39 is 10.0 Å². The summed E-state index contributed by atoms with van der Waals surface area (Å²) < 4.78 is 27.5. The van der Waals surface area contributed by atoms with Gasteiger partial charge < -0.3 is 4.98 Å². The Morgan fingerprint density at radius 1 is 1.34 bits per heavy atom. The molecular formula is C18H21ClN6O3S. The summed E-state index contributed by atoms with van der Waals surface area (Å²) in [5, 5.41) is 8.64. The quantitative estimate of drug-likeness (QED) is 0.651. The number of aromatic nitrogens is 5. The van der Waals surface area contributed by atoms with Gasteiger partial charge in [-0.2, -0.15) is 0 Å². The van der Waals surface area contributed by atoms with Gasteiger partial charge in [-0.25, -0.2) is 22.4 Å². The minimum absolute atomic E-state index is 0.0546. The van der Waals surface area contributed by atoms with E-state index in [1.54, 1.807) is 17.7 Å². The number of nitrogens with zero attached hydrogens (tertiary/aromatic N) is 5. The fourth-order valence-corrected chi connectivity index (χ4v) is 4.98. The molecule has 1 fully saturated rings. The molecule has 0 saturated carbocycles. The lowest BCUT2D eigenvalue weighted by Crippen LogP contribution is -2.40. The van der Waals surface area contributed by atoms with Crippen LogP contribution in [0.2, 0.25) is 5.02 Å². The number of aromatic amines is 1. The number of piperidine rings is 1. The van der Waals surface area contributed by atoms with Gasteiger partial charge in [-0.1, -0.05) is 28.9 Å². The van der Waals surface area contributed by atoms with Gasteiger partial charge in [-0.3, -0.25) is 4.79 Å². The van der Waals surface area contributed by atoms with Gasteiger partial charge in [0, 0.05) is 24.0 Å². The molecular weight excluding hydrogens is 416 g/mol. The van der Waals surface area contributed by atoms with Crippen molar-refractivity contribution >= 4 is 32.8 Å². The van der Waals surface area contributed by atoms with Crippen LogP contribution < -0.4 is 5.56 Å². The molecule has 11 heteroatoms. The van der Waals surface area contributed by atoms with Crippen molar-refractivity contribution in [1.29, 1.82) is 0 Å². The summed E-state index contributed by atoms with van der Waals surface area (Å²) in [6, 6.07) is 7.35. The Balaban J connectivity index is 1.68. The van der Waals surface area contributed by atoms with E-state index in [1.807, 2.05) is 18.2 Å². The summed E-state index contributed by atoms with van der Waals surface area (Å²) >= 11 is 6.05. The zero-order valence-electron chi connectivity index (χ0n) is 15.9. The zero-order chi connectivity index (χ0) is 20.6. The van der Waals surface area contributed by atoms with Crippen molar-refractivity contribution in [3.63, 3.8) is 0 Å². The molecule has 1 N–H and O–H groups in total. The van der Waals surface area contributed by atoms with Gasteiger partial charge in [0.05, 0.1) is 12.3 Å². The molecule has 1 aromatic carbocycles. The third-order valence-corrected chi connectivity index (χ3v) is 7.23. The fourth-order valence-electron chi connectivity index (χ4n) is 3.59. The molecule has 0 unspecified atom stereocenters. The summed E-state index contributed by atoms with van der Waals surface area (Å²) in [4.78, 5) is 19.9. The molecule has 1 saturated heterocycles. The molecule has 0 bridgehead atoms. The Labute approximate surface area is 172 Å². The molecule has 1 aliphatic heterocycles. The molecule has 0 radical (unpaired) electrons. The van der Waals surface area contributed by atoms with E-state index in [2.05, 4.69) is 20.3 Å². The van der Waals surface area contributed by atoms with E-state index >= 15 is 0 Å². The van der Waals surface area contributed by atoms with E-state index in [9.17, 15) is 13.2 Å². The summed E-state index contributed by atoms with van der Waals surface area (Å²) in [5.74, 6) is 0.337. The lowest BCUT2D eigenvalue weighted by atomic mass is 9.99. The third-order valence-electron chi connectivity index (χ3n) is 5.14. The number of rotatable bonds is 5. The van der Waals surface area contributed by atoms with Crippen molar-refractivity contribution in [3.8, 4) is 0 Å². The predicted molar refractivity (Wildman–Crippen MR) is 110 cm³/mol. The molecule has 1 atom stereocenters. The number of halogens is 1. The highest BCUT2D eigenvalue weighted by Gasteiger charge is 2.30. The molecule has 0 amide bonds. The van der Waals surface area contributed by atoms with E-state index in [-0.39, 0.29) is 22.7 Å². The standard InChI is InChI=1S/C18H21ClN6O3S/c1-2-29(27,28)24-8-4-6-13(11-24)16-20-17-15(18(26)21-16)22-23-25(17)10-12-5-3-7-14(19)9-12/h3,5,7,9,13H,2,4,6,8,10-11H2,1H3,(H,20,21,26)/t13-/m1/s1. The predicted octanol–water partition coefficient (Wildman–Crippen LogP) is 1.75. The second kappa shape index (κ2) is 7.85. The number of benzene rings is 1. The van der Waals surface area contributed by atoms with Gasteiger partial charge in [0.2, 0.25) is 10.0 Å². The topological polar surface area (TPSA) is 114 Å². The van der Waals surface area contributed by atoms with Crippen LogP contribution in [-0.4, -0.2) is 56.5 Å². The van der Waals surface area contributed by atoms with Crippen molar-refractivity contribution in [1.82, 2.24) is 29.3 Å². The first-order valence-electron chi connectivity index (χ1n) is 9.43. The van der Waals surface area contributed by atoms with Crippen molar-refractivity contribution in [2.45, 2.75) is 32.2 Å². The summed E-state index contributed by atoms with van der Waals surface area (Å²) in [6.45, 7) is 2.80. The minimum Gasteiger partial charge on any atom is -0.308 e. The van der Waals surface area contributed by atoms with Crippen LogP contribution in [0.3, 0.4) is 0 Å². The van der Waals surface area contributed by atoms with Gasteiger partial charge >= 0.3 is 0 Å². The van der Waals surface area contributed by atoms with Crippen LogP contribution in [0.5, 0.6) is 0 Å². The van der Waals surface area contributed by atoms with Crippen molar-refractivity contribution < 1.29 is 8.42 Å². The summed E-state index contributed by atoms with van der Waals surface area (Å²) in [6.07, 6.45) is 1.46. The average molecular weight is 437 g/mol. The van der Waals surface area contributed by atoms with E-state index in [1.165, 1.54) is 4.31 Å². The van der Waals surface area contributed by atoms with E-state index in [4.69, 9.17) is 11.6 Å². The number of nitrogens with one attached hydrogen (secondary N) is 1. The van der Waals surface area contributed by atoms with Crippen molar-refractivity contribution in [2.75, 3.05) is 18.8 Å². The lowest BCUT2D eigenvalue weighted by molar-refractivity contribution is 0.309. The highest BCUT2D eigenvalue weighted by Crippen LogP contribution is 2.26. The van der Waals surface area contributed by atoms with Crippen LogP contribution in [0, 0.1) is 0 Å². The Morgan fingerprint density at radius 2 is 2.17 bits per heavy atom. The molecule has 0 aliphatic carbocycles. The SMILES string of the molecule is CCS(=O)(=O)N1CCC[C@@H](c2nc3c(nnn3Cc3cccc(Cl)c3)c(=O)[nH]2)C1. The van der Waals surface area contributed by atoms with Crippen LogP contribution in [0.15, 0.2) is 29.1 Å². The van der Waals surface area contributed by atoms with E-state index in [0.29, 0.717) is 42.5 Å². The maximum Gasteiger partial charge on any atom is 0.281 e. The van der Waals surface area contributed by atoms with Gasteiger partial charge in [-0.05, 0) is 37.5 Å². The molecule has 1 aliphatic rings. The first kappa shape index (κ1) is 20.0. The second-order valence-corrected chi connectivity index (χ2v) is 9.79. The normalized spacial score (nSPS) is 18.3. The Morgan fingerprint density at radius 3 is 2.93 bits per heavy atom. The number of H-pyrrole nitrogens is 1. The highest BCUT2D eigenvalue weighted by molar-refractivity contribution is 7.89. The first-order valence-corrected chi connectivity index (χ1v) is 11.4. The number of fused-ring (bicyclic) bond motifs is 1. The molecule has 3 aromatic rings. The van der Waals surface area contributed by atoms with Crippen LogP contribution in [-0.2, 0) is 16.6 Å². The first-order chi connectivity index (χ1) is 13.9. The Hall–Kier alpha value is -2.30. The van der Waals surface area contributed by atoms with Gasteiger partial charge in [-0.15, -0.1) is 5.10 Å². The van der Waals surface area contributed by atoms with Crippen LogP contribution >= 0.6 is 11.6 Å². The van der Waals surface area contributed by atoms with Crippen LogP contribution in [0.25, 0.3) is 11.2 Å². The molecule has 29 heavy (non-hydrogen) atoms. The smallest absolute Gasteiger partial charge is 0.281 e. The number of hydrogen-bond donors (Lipinski definition) is 1. The number of hydrogen-bond acceptors (Lipinski definition) is 6. The summed E-state index contributed by atoms with van der Waals surface area (Å²) in [7, 11) is -3.29. The maximum atomic E-state index is 12.5. The van der Waals surface area contributed by atoms with Crippen LogP contribution in [0.4, 0.5) is 0 Å². The van der Waals surface area contributed by atoms with Gasteiger partial charge in [0.25, 0.3) is 5.56 Å². The fraction of sp³-hybridized carbons (Fsp3) is 0.444. The molecule has 2 aromatic heterocycles. The maximum absolute atomic E-state index is 12.5. The highest BCUT2D eigenvalue weighted by atomic mass is 35.5. The number of sulfonamides is 1. The molecule has 4 rings (SSSR count). The monoisotopic (exact) mass is 436 g/mol. The average Bonchev–Trinajstić information content (AvgIpc) is 3.11. The van der Waals surface area contributed by atoms with Crippen molar-refractivity contribution in [2.24, 2.45) is 0 Å². The van der Waals surface area contributed by atoms with Gasteiger partial charge in [0.15, 0.2) is 11.2 Å². The third kappa shape index (κ3) is 4.05. The Kier molecular flexibility index (Phi) is 5.41. The zero-order valence-corrected chi connectivity index (χ0v) is 17.4. The van der Waals surface area contributed by atoms with Crippen LogP contribution in [0.1, 0.15) is 37.1 Å². The molecule has 3 heterocycles. The Bertz CT molecular complexity index is 1210. The van der Waals surface area contributed by atoms with Crippen molar-refractivity contribution in [3.05, 3.63) is 51.0 Å². The molecule has 154 valence electrons.